The van der Waals surface area contributed by atoms with Crippen molar-refractivity contribution in [2.24, 2.45) is 0 Å². The Morgan fingerprint density at radius 1 is 1.00 bits per heavy atom. The lowest BCUT2D eigenvalue weighted by Gasteiger charge is -2.36. The molecule has 0 bridgehead atoms. The molecule has 32 heavy (non-hydrogen) atoms. The number of carbonyl (C=O) groups excluding carboxylic acids is 1. The topological polar surface area (TPSA) is 69.7 Å². The second-order valence-corrected chi connectivity index (χ2v) is 12.4. The monoisotopic (exact) mass is 459 g/mol. The molecule has 5 rings (SSSR count). The fourth-order valence-electron chi connectivity index (χ4n) is 6.42. The summed E-state index contributed by atoms with van der Waals surface area (Å²) in [5.74, 6) is -0.743. The van der Waals surface area contributed by atoms with Crippen LogP contribution in [0.5, 0.6) is 0 Å². The molecule has 1 unspecified atom stereocenters. The Morgan fingerprint density at radius 2 is 1.66 bits per heavy atom. The summed E-state index contributed by atoms with van der Waals surface area (Å²) in [5.41, 5.74) is 6.15. The van der Waals surface area contributed by atoms with Crippen LogP contribution in [-0.4, -0.2) is 73.9 Å². The molecule has 1 N–H and O–H groups in total. The number of nitrogens with zero attached hydrogens (tertiary/aromatic N) is 2. The van der Waals surface area contributed by atoms with Crippen LogP contribution in [0.2, 0.25) is 0 Å². The van der Waals surface area contributed by atoms with Crippen LogP contribution in [0.4, 0.5) is 5.69 Å². The van der Waals surface area contributed by atoms with Gasteiger partial charge in [0.25, 0.3) is 0 Å². The summed E-state index contributed by atoms with van der Waals surface area (Å²) in [5, 5.41) is 2.66. The van der Waals surface area contributed by atoms with Gasteiger partial charge in [-0.2, -0.15) is 0 Å². The third-order valence-corrected chi connectivity index (χ3v) is 10.3. The maximum atomic E-state index is 13.1. The van der Waals surface area contributed by atoms with Crippen molar-refractivity contribution in [1.29, 1.82) is 0 Å². The van der Waals surface area contributed by atoms with E-state index in [1.165, 1.54) is 22.3 Å². The highest BCUT2D eigenvalue weighted by Gasteiger charge is 2.38. The molecule has 2 heterocycles. The zero-order chi connectivity index (χ0) is 22.3. The first-order valence-corrected chi connectivity index (χ1v) is 14.3. The molecule has 1 aromatic rings. The Balaban J connectivity index is 1.22. The first-order chi connectivity index (χ1) is 15.4. The maximum absolute atomic E-state index is 13.1. The van der Waals surface area contributed by atoms with Crippen molar-refractivity contribution in [3.8, 4) is 0 Å². The molecule has 1 atom stereocenters. The second-order valence-electron chi connectivity index (χ2n) is 10.2. The van der Waals surface area contributed by atoms with Crippen molar-refractivity contribution in [3.05, 3.63) is 28.3 Å². The highest BCUT2D eigenvalue weighted by molar-refractivity contribution is 7.92. The molecule has 176 valence electrons. The SMILES string of the molecule is CCN1CCC(N2CCC(S(=O)(=O)CC(=O)Nc3c4c(cc5c3CCC5)CCC4)C2)CC1. The van der Waals surface area contributed by atoms with Gasteiger partial charge >= 0.3 is 0 Å². The zero-order valence-corrected chi connectivity index (χ0v) is 20.2. The van der Waals surface area contributed by atoms with Crippen LogP contribution < -0.4 is 5.32 Å². The molecular weight excluding hydrogens is 422 g/mol. The first-order valence-electron chi connectivity index (χ1n) is 12.6. The van der Waals surface area contributed by atoms with Gasteiger partial charge in [-0.05, 0) is 106 Å². The van der Waals surface area contributed by atoms with Gasteiger partial charge in [0.15, 0.2) is 9.84 Å². The van der Waals surface area contributed by atoms with Crippen molar-refractivity contribution >= 4 is 21.4 Å². The third-order valence-electron chi connectivity index (χ3n) is 8.27. The predicted octanol–water partition coefficient (Wildman–Crippen LogP) is 2.58. The van der Waals surface area contributed by atoms with Gasteiger partial charge in [-0.25, -0.2) is 8.42 Å². The van der Waals surface area contributed by atoms with Crippen molar-refractivity contribution < 1.29 is 13.2 Å². The third kappa shape index (κ3) is 4.36. The molecule has 2 aliphatic heterocycles. The van der Waals surface area contributed by atoms with E-state index >= 15 is 0 Å². The summed E-state index contributed by atoms with van der Waals surface area (Å²) in [6.45, 7) is 6.91. The van der Waals surface area contributed by atoms with Gasteiger partial charge < -0.3 is 10.2 Å². The number of likely N-dealkylation sites (tertiary alicyclic amines) is 2. The number of fused-ring (bicyclic) bond motifs is 2. The molecule has 0 spiro atoms. The van der Waals surface area contributed by atoms with Crippen LogP contribution in [0.3, 0.4) is 0 Å². The average Bonchev–Trinajstić information content (AvgIpc) is 3.53. The molecule has 6 nitrogen and oxygen atoms in total. The van der Waals surface area contributed by atoms with Crippen LogP contribution in [0, 0.1) is 0 Å². The fourth-order valence-corrected chi connectivity index (χ4v) is 7.98. The molecule has 0 aromatic heterocycles. The van der Waals surface area contributed by atoms with Crippen LogP contribution >= 0.6 is 0 Å². The first kappa shape index (κ1) is 22.4. The molecule has 7 heteroatoms. The van der Waals surface area contributed by atoms with Gasteiger partial charge in [-0.1, -0.05) is 13.0 Å². The average molecular weight is 460 g/mol. The molecule has 1 amide bonds. The van der Waals surface area contributed by atoms with Crippen LogP contribution in [0.25, 0.3) is 0 Å². The highest BCUT2D eigenvalue weighted by Crippen LogP contribution is 2.38. The molecule has 1 aromatic carbocycles. The van der Waals surface area contributed by atoms with Crippen molar-refractivity contribution in [1.82, 2.24) is 9.80 Å². The van der Waals surface area contributed by atoms with Crippen LogP contribution in [-0.2, 0) is 40.3 Å². The van der Waals surface area contributed by atoms with E-state index in [1.807, 2.05) is 0 Å². The fraction of sp³-hybridized carbons (Fsp3) is 0.720. The van der Waals surface area contributed by atoms with E-state index in [0.717, 1.165) is 83.2 Å². The molecular formula is C25H37N3O3S. The Bertz CT molecular complexity index is 950. The lowest BCUT2D eigenvalue weighted by atomic mass is 9.98. The number of hydrogen-bond acceptors (Lipinski definition) is 5. The number of amides is 1. The summed E-state index contributed by atoms with van der Waals surface area (Å²) in [6, 6.07) is 2.82. The van der Waals surface area contributed by atoms with Crippen molar-refractivity contribution in [2.75, 3.05) is 43.8 Å². The van der Waals surface area contributed by atoms with E-state index in [9.17, 15) is 13.2 Å². The van der Waals surface area contributed by atoms with Crippen LogP contribution in [0.15, 0.2) is 6.07 Å². The molecule has 2 fully saturated rings. The standard InChI is InChI=1S/C25H37N3O3S/c1-2-27-12-9-20(10-13-27)28-14-11-21(16-28)32(30,31)17-24(29)26-25-22-7-3-5-18(22)15-19-6-4-8-23(19)25/h15,20-21H,2-14,16-17H2,1H3,(H,26,29). The highest BCUT2D eigenvalue weighted by atomic mass is 32.2. The predicted molar refractivity (Wildman–Crippen MR) is 128 cm³/mol. The molecule has 2 aliphatic carbocycles. The summed E-state index contributed by atoms with van der Waals surface area (Å²) >= 11 is 0. The van der Waals surface area contributed by atoms with E-state index in [0.29, 0.717) is 19.0 Å². The van der Waals surface area contributed by atoms with E-state index in [-0.39, 0.29) is 5.91 Å². The number of rotatable bonds is 6. The van der Waals surface area contributed by atoms with E-state index in [4.69, 9.17) is 0 Å². The number of carbonyl (C=O) groups is 1. The smallest absolute Gasteiger partial charge is 0.239 e. The maximum Gasteiger partial charge on any atom is 0.239 e. The summed E-state index contributed by atoms with van der Waals surface area (Å²) in [7, 11) is -3.46. The van der Waals surface area contributed by atoms with E-state index < -0.39 is 20.8 Å². The van der Waals surface area contributed by atoms with E-state index in [2.05, 4.69) is 28.1 Å². The van der Waals surface area contributed by atoms with Crippen molar-refractivity contribution in [2.45, 2.75) is 76.0 Å². The Hall–Kier alpha value is -1.44. The minimum absolute atomic E-state index is 0.353. The second kappa shape index (κ2) is 9.07. The van der Waals surface area contributed by atoms with Crippen LogP contribution in [0.1, 0.15) is 61.3 Å². The lowest BCUT2D eigenvalue weighted by Crippen LogP contribution is -2.44. The molecule has 0 radical (unpaired) electrons. The quantitative estimate of drug-likeness (QED) is 0.708. The largest absolute Gasteiger partial charge is 0.325 e. The van der Waals surface area contributed by atoms with Gasteiger partial charge in [-0.15, -0.1) is 0 Å². The van der Waals surface area contributed by atoms with Gasteiger partial charge in [0.05, 0.1) is 5.25 Å². The molecule has 2 saturated heterocycles. The minimum Gasteiger partial charge on any atom is -0.325 e. The Kier molecular flexibility index (Phi) is 6.34. The number of aryl methyl sites for hydroxylation is 2. The summed E-state index contributed by atoms with van der Waals surface area (Å²) in [6.07, 6.45) is 9.23. The number of anilines is 1. The van der Waals surface area contributed by atoms with Crippen molar-refractivity contribution in [3.63, 3.8) is 0 Å². The lowest BCUT2D eigenvalue weighted by molar-refractivity contribution is -0.113. The Labute approximate surface area is 192 Å². The number of benzene rings is 1. The van der Waals surface area contributed by atoms with Gasteiger partial charge in [0.1, 0.15) is 5.75 Å². The Morgan fingerprint density at radius 3 is 2.28 bits per heavy atom. The summed E-state index contributed by atoms with van der Waals surface area (Å²) in [4.78, 5) is 17.8. The normalized spacial score (nSPS) is 24.6. The zero-order valence-electron chi connectivity index (χ0n) is 19.4. The van der Waals surface area contributed by atoms with E-state index in [1.54, 1.807) is 0 Å². The molecule has 0 saturated carbocycles. The van der Waals surface area contributed by atoms with Gasteiger partial charge in [0.2, 0.25) is 5.91 Å². The number of nitrogens with one attached hydrogen (secondary N) is 1. The number of sulfone groups is 1. The molecule has 4 aliphatic rings. The minimum atomic E-state index is -3.46. The number of piperidine rings is 1. The van der Waals surface area contributed by atoms with Gasteiger partial charge in [-0.3, -0.25) is 9.69 Å². The van der Waals surface area contributed by atoms with Gasteiger partial charge in [0, 0.05) is 18.3 Å². The number of hydrogen-bond donors (Lipinski definition) is 1. The summed E-state index contributed by atoms with van der Waals surface area (Å²) < 4.78 is 26.3.